The maximum absolute atomic E-state index is 13.7. The number of carbonyl (C=O) groups excluding carboxylic acids is 1. The van der Waals surface area contributed by atoms with Gasteiger partial charge >= 0.3 is 17.8 Å². The molecule has 6 fully saturated rings. The molecule has 2 saturated heterocycles. The summed E-state index contributed by atoms with van der Waals surface area (Å²) in [5.41, 5.74) is -0.551. The van der Waals surface area contributed by atoms with E-state index in [0.717, 1.165) is 31.1 Å². The first-order chi connectivity index (χ1) is 18.6. The average Bonchev–Trinajstić information content (AvgIpc) is 3.35. The quantitative estimate of drug-likeness (QED) is 0.288. The molecule has 2 aliphatic heterocycles. The molecule has 4 bridgehead atoms. The van der Waals surface area contributed by atoms with Gasteiger partial charge in [0.05, 0.1) is 12.0 Å². The lowest BCUT2D eigenvalue weighted by Crippen LogP contribution is -2.45. The van der Waals surface area contributed by atoms with Crippen molar-refractivity contribution in [3.8, 4) is 0 Å². The van der Waals surface area contributed by atoms with Crippen LogP contribution in [0.2, 0.25) is 0 Å². The maximum Gasteiger partial charge on any atom is 0.335 e. The van der Waals surface area contributed by atoms with Gasteiger partial charge in [0.15, 0.2) is 12.6 Å². The number of hydrogen-bond acceptors (Lipinski definition) is 6. The molecule has 2 heterocycles. The van der Waals surface area contributed by atoms with Crippen molar-refractivity contribution in [3.63, 3.8) is 0 Å². The van der Waals surface area contributed by atoms with Crippen LogP contribution in [0.4, 0.5) is 17.6 Å². The van der Waals surface area contributed by atoms with Crippen LogP contribution in [0.3, 0.4) is 0 Å². The monoisotopic (exact) mass is 562 g/mol. The Kier molecular flexibility index (Phi) is 7.96. The highest BCUT2D eigenvalue weighted by Crippen LogP contribution is 2.53. The summed E-state index contributed by atoms with van der Waals surface area (Å²) in [5, 5.41) is 0. The van der Waals surface area contributed by atoms with Crippen molar-refractivity contribution in [2.45, 2.75) is 114 Å². The van der Waals surface area contributed by atoms with Crippen molar-refractivity contribution in [1.29, 1.82) is 0 Å². The minimum absolute atomic E-state index is 0.0684. The topological polar surface area (TPSA) is 63.2 Å². The molecule has 0 radical (unpaired) electrons. The normalized spacial score (nSPS) is 43.9. The lowest BCUT2D eigenvalue weighted by molar-refractivity contribution is -0.222. The standard InChI is InChI=1S/C29H42F4O6/c30-28(31)16-37-24(38-17-29(28,32)33)12-20-6-8-27(7-2-5-21(20)13-27)26(34)36-15-23-14-35-25(39-23)22-10-18-3-1-4-19(9-18)11-22/h18-25H,1-17H2. The predicted molar refractivity (Wildman–Crippen MR) is 131 cm³/mol. The Morgan fingerprint density at radius 3 is 2.26 bits per heavy atom. The van der Waals surface area contributed by atoms with Gasteiger partial charge in [-0.2, -0.15) is 17.6 Å². The van der Waals surface area contributed by atoms with Crippen LogP contribution in [0.25, 0.3) is 0 Å². The summed E-state index contributed by atoms with van der Waals surface area (Å²) in [5.74, 6) is -6.42. The van der Waals surface area contributed by atoms with Crippen molar-refractivity contribution in [3.05, 3.63) is 0 Å². The zero-order valence-electron chi connectivity index (χ0n) is 22.6. The predicted octanol–water partition coefficient (Wildman–Crippen LogP) is 6.11. The van der Waals surface area contributed by atoms with Gasteiger partial charge in [-0.15, -0.1) is 0 Å². The van der Waals surface area contributed by atoms with Gasteiger partial charge in [-0.05, 0) is 68.6 Å². The average molecular weight is 563 g/mol. The van der Waals surface area contributed by atoms with E-state index in [2.05, 4.69) is 0 Å². The molecule has 0 N–H and O–H groups in total. The molecular weight excluding hydrogens is 520 g/mol. The third-order valence-electron chi connectivity index (χ3n) is 10.6. The SMILES string of the molecule is O=C(OCC1COC(C2CC3CCCC(C3)C2)O1)C12CCCC(C1)C(CC1OCC(F)(F)C(F)(F)CO1)CC2. The van der Waals surface area contributed by atoms with Crippen LogP contribution >= 0.6 is 0 Å². The van der Waals surface area contributed by atoms with Gasteiger partial charge in [-0.1, -0.05) is 32.1 Å². The van der Waals surface area contributed by atoms with Crippen LogP contribution in [-0.2, 0) is 28.5 Å². The number of esters is 1. The number of alkyl halides is 4. The molecule has 0 spiro atoms. The van der Waals surface area contributed by atoms with Gasteiger partial charge in [0.2, 0.25) is 0 Å². The summed E-state index contributed by atoms with van der Waals surface area (Å²) < 4.78 is 82.9. The van der Waals surface area contributed by atoms with Gasteiger partial charge in [0, 0.05) is 12.3 Å². The lowest BCUT2D eigenvalue weighted by Gasteiger charge is -2.47. The van der Waals surface area contributed by atoms with E-state index >= 15 is 0 Å². The highest BCUT2D eigenvalue weighted by molar-refractivity contribution is 5.77. The van der Waals surface area contributed by atoms with Crippen molar-refractivity contribution in [2.24, 2.45) is 35.0 Å². The van der Waals surface area contributed by atoms with Crippen LogP contribution in [0.1, 0.15) is 83.5 Å². The largest absolute Gasteiger partial charge is 0.462 e. The van der Waals surface area contributed by atoms with E-state index in [1.165, 1.54) is 38.5 Å². The third kappa shape index (κ3) is 5.86. The first-order valence-corrected chi connectivity index (χ1v) is 15.1. The number of rotatable bonds is 6. The molecule has 6 rings (SSSR count). The molecule has 4 aliphatic carbocycles. The number of ether oxygens (including phenoxy) is 5. The van der Waals surface area contributed by atoms with Gasteiger partial charge in [-0.3, -0.25) is 4.79 Å². The number of halogens is 4. The molecule has 4 saturated carbocycles. The van der Waals surface area contributed by atoms with E-state index < -0.39 is 36.8 Å². The number of hydrogen-bond donors (Lipinski definition) is 0. The van der Waals surface area contributed by atoms with Gasteiger partial charge in [0.1, 0.15) is 25.9 Å². The Labute approximate surface area is 227 Å². The van der Waals surface area contributed by atoms with E-state index in [9.17, 15) is 22.4 Å². The van der Waals surface area contributed by atoms with E-state index in [4.69, 9.17) is 23.7 Å². The summed E-state index contributed by atoms with van der Waals surface area (Å²) in [7, 11) is 0. The summed E-state index contributed by atoms with van der Waals surface area (Å²) in [6, 6.07) is 0. The molecule has 7 atom stereocenters. The Bertz CT molecular complexity index is 858. The smallest absolute Gasteiger partial charge is 0.335 e. The molecular formula is C29H42F4O6. The maximum atomic E-state index is 13.7. The van der Waals surface area contributed by atoms with Crippen molar-refractivity contribution < 1.29 is 46.0 Å². The molecule has 6 aliphatic rings. The summed E-state index contributed by atoms with van der Waals surface area (Å²) in [6.07, 6.45) is 10.9. The third-order valence-corrected chi connectivity index (χ3v) is 10.6. The fourth-order valence-electron chi connectivity index (χ4n) is 8.50. The van der Waals surface area contributed by atoms with Crippen LogP contribution in [-0.4, -0.2) is 62.9 Å². The minimum Gasteiger partial charge on any atom is -0.462 e. The second kappa shape index (κ2) is 11.0. The Balaban J connectivity index is 0.978. The first-order valence-electron chi connectivity index (χ1n) is 15.1. The minimum atomic E-state index is -4.25. The highest BCUT2D eigenvalue weighted by atomic mass is 19.3. The first kappa shape index (κ1) is 28.2. The van der Waals surface area contributed by atoms with Crippen molar-refractivity contribution in [2.75, 3.05) is 26.4 Å². The molecule has 222 valence electrons. The van der Waals surface area contributed by atoms with Crippen LogP contribution < -0.4 is 0 Å². The second-order valence-corrected chi connectivity index (χ2v) is 13.3. The lowest BCUT2D eigenvalue weighted by atomic mass is 9.58. The van der Waals surface area contributed by atoms with Crippen molar-refractivity contribution in [1.82, 2.24) is 0 Å². The van der Waals surface area contributed by atoms with Crippen LogP contribution in [0.5, 0.6) is 0 Å². The van der Waals surface area contributed by atoms with Crippen molar-refractivity contribution >= 4 is 5.97 Å². The summed E-state index contributed by atoms with van der Waals surface area (Å²) in [6.45, 7) is -2.07. The zero-order chi connectivity index (χ0) is 27.3. The molecule has 0 aromatic carbocycles. The molecule has 0 amide bonds. The van der Waals surface area contributed by atoms with Crippen LogP contribution in [0, 0.1) is 35.0 Å². The number of carbonyl (C=O) groups is 1. The Hall–Kier alpha value is -0.970. The molecule has 7 unspecified atom stereocenters. The Morgan fingerprint density at radius 2 is 1.54 bits per heavy atom. The van der Waals surface area contributed by atoms with E-state index in [0.29, 0.717) is 31.8 Å². The van der Waals surface area contributed by atoms with E-state index in [1.807, 2.05) is 0 Å². The van der Waals surface area contributed by atoms with Crippen LogP contribution in [0.15, 0.2) is 0 Å². The fraction of sp³-hybridized carbons (Fsp3) is 0.966. The molecule has 10 heteroatoms. The zero-order valence-corrected chi connectivity index (χ0v) is 22.6. The molecule has 0 aromatic heterocycles. The highest BCUT2D eigenvalue weighted by Gasteiger charge is 2.59. The summed E-state index contributed by atoms with van der Waals surface area (Å²) >= 11 is 0. The molecule has 6 nitrogen and oxygen atoms in total. The van der Waals surface area contributed by atoms with E-state index in [1.54, 1.807) is 0 Å². The fourth-order valence-corrected chi connectivity index (χ4v) is 8.50. The summed E-state index contributed by atoms with van der Waals surface area (Å²) in [4.78, 5) is 13.4. The molecule has 39 heavy (non-hydrogen) atoms. The van der Waals surface area contributed by atoms with Gasteiger partial charge in [-0.25, -0.2) is 0 Å². The Morgan fingerprint density at radius 1 is 0.821 bits per heavy atom. The number of fused-ring (bicyclic) bond motifs is 4. The van der Waals surface area contributed by atoms with Gasteiger partial charge in [0.25, 0.3) is 0 Å². The second-order valence-electron chi connectivity index (χ2n) is 13.3. The molecule has 0 aromatic rings. The van der Waals surface area contributed by atoms with Gasteiger partial charge < -0.3 is 23.7 Å². The van der Waals surface area contributed by atoms with E-state index in [-0.39, 0.29) is 43.2 Å².